The Hall–Kier alpha value is -2.21. The third kappa shape index (κ3) is 1.05. The van der Waals surface area contributed by atoms with Crippen LogP contribution in [0.1, 0.15) is 0 Å². The summed E-state index contributed by atoms with van der Waals surface area (Å²) in [5.74, 6) is 0. The summed E-state index contributed by atoms with van der Waals surface area (Å²) in [6.07, 6.45) is 0. The van der Waals surface area contributed by atoms with Gasteiger partial charge in [0.05, 0.1) is 10.9 Å². The first-order chi connectivity index (χ1) is 8.34. The van der Waals surface area contributed by atoms with Gasteiger partial charge in [0.25, 0.3) is 0 Å². The Morgan fingerprint density at radius 1 is 1.24 bits per heavy atom. The van der Waals surface area contributed by atoms with E-state index in [1.165, 1.54) is 4.63 Å². The van der Waals surface area contributed by atoms with Crippen LogP contribution in [0.2, 0.25) is 5.15 Å². The second-order valence-corrected chi connectivity index (χ2v) is 4.06. The van der Waals surface area contributed by atoms with Gasteiger partial charge in [0.2, 0.25) is 5.65 Å². The molecule has 7 heteroatoms. The number of hydrogen-bond donors (Lipinski definition) is 1. The highest BCUT2D eigenvalue weighted by molar-refractivity contribution is 6.37. The molecule has 3 heterocycles. The summed E-state index contributed by atoms with van der Waals surface area (Å²) in [4.78, 5) is 3.26. The van der Waals surface area contributed by atoms with E-state index in [-0.39, 0.29) is 0 Å². The van der Waals surface area contributed by atoms with Crippen LogP contribution in [0.5, 0.6) is 0 Å². The Balaban J connectivity index is 2.41. The van der Waals surface area contributed by atoms with E-state index in [1.807, 2.05) is 24.3 Å². The summed E-state index contributed by atoms with van der Waals surface area (Å²) in [5, 5.41) is 17.6. The number of nitrogens with zero attached hydrogens (tertiary/aromatic N) is 5. The number of nitrogens with one attached hydrogen (secondary N) is 1. The van der Waals surface area contributed by atoms with Crippen molar-refractivity contribution in [3.63, 3.8) is 0 Å². The second kappa shape index (κ2) is 2.92. The van der Waals surface area contributed by atoms with E-state index < -0.39 is 0 Å². The third-order valence-corrected chi connectivity index (χ3v) is 3.04. The highest BCUT2D eigenvalue weighted by atomic mass is 35.5. The fraction of sp³-hybridized carbons (Fsp3) is 0. The number of benzene rings is 1. The van der Waals surface area contributed by atoms with Crippen molar-refractivity contribution in [2.45, 2.75) is 0 Å². The molecule has 4 aromatic rings. The standard InChI is InChI=1S/C10H5ClN6/c11-9-7-5-3-1-2-4-6(5)12-8(7)10-13-15-16-17(10)14-9/h1-4,12H. The maximum absolute atomic E-state index is 6.17. The normalized spacial score (nSPS) is 11.8. The monoisotopic (exact) mass is 244 g/mol. The van der Waals surface area contributed by atoms with Crippen LogP contribution in [0.3, 0.4) is 0 Å². The lowest BCUT2D eigenvalue weighted by atomic mass is 10.2. The summed E-state index contributed by atoms with van der Waals surface area (Å²) < 4.78 is 1.32. The topological polar surface area (TPSA) is 71.8 Å². The van der Waals surface area contributed by atoms with E-state index >= 15 is 0 Å². The van der Waals surface area contributed by atoms with Crippen LogP contribution in [0, 0.1) is 0 Å². The van der Waals surface area contributed by atoms with E-state index in [4.69, 9.17) is 11.6 Å². The van der Waals surface area contributed by atoms with Crippen molar-refractivity contribution >= 4 is 39.1 Å². The van der Waals surface area contributed by atoms with Gasteiger partial charge in [-0.3, -0.25) is 0 Å². The highest BCUT2D eigenvalue weighted by Crippen LogP contribution is 2.31. The first-order valence-electron chi connectivity index (χ1n) is 4.99. The number of aromatic amines is 1. The molecule has 0 saturated carbocycles. The van der Waals surface area contributed by atoms with Crippen LogP contribution in [0.25, 0.3) is 27.5 Å². The lowest BCUT2D eigenvalue weighted by molar-refractivity contribution is 0.736. The number of rotatable bonds is 0. The summed E-state index contributed by atoms with van der Waals surface area (Å²) in [6, 6.07) is 7.88. The SMILES string of the molecule is Clc1nn2nnnc2c2[nH]c3ccccc3c12. The minimum atomic E-state index is 0.386. The van der Waals surface area contributed by atoms with Crippen molar-refractivity contribution in [2.24, 2.45) is 0 Å². The second-order valence-electron chi connectivity index (χ2n) is 3.70. The lowest BCUT2D eigenvalue weighted by Crippen LogP contribution is -1.95. The van der Waals surface area contributed by atoms with Crippen molar-refractivity contribution in [3.05, 3.63) is 29.4 Å². The zero-order valence-corrected chi connectivity index (χ0v) is 9.18. The molecule has 0 bridgehead atoms. The smallest absolute Gasteiger partial charge is 0.224 e. The van der Waals surface area contributed by atoms with Gasteiger partial charge in [0.1, 0.15) is 0 Å². The zero-order valence-electron chi connectivity index (χ0n) is 8.42. The maximum atomic E-state index is 6.17. The first kappa shape index (κ1) is 8.89. The molecular weight excluding hydrogens is 240 g/mol. The predicted octanol–water partition coefficient (Wildman–Crippen LogP) is 1.81. The Morgan fingerprint density at radius 3 is 3.06 bits per heavy atom. The van der Waals surface area contributed by atoms with E-state index in [0.29, 0.717) is 10.8 Å². The fourth-order valence-corrected chi connectivity index (χ4v) is 2.32. The van der Waals surface area contributed by atoms with Crippen LogP contribution >= 0.6 is 11.6 Å². The molecule has 3 aromatic heterocycles. The van der Waals surface area contributed by atoms with E-state index in [9.17, 15) is 0 Å². The van der Waals surface area contributed by atoms with Crippen molar-refractivity contribution < 1.29 is 0 Å². The van der Waals surface area contributed by atoms with Crippen molar-refractivity contribution in [1.82, 2.24) is 30.2 Å². The van der Waals surface area contributed by atoms with Crippen molar-refractivity contribution in [2.75, 3.05) is 0 Å². The number of fused-ring (bicyclic) bond motifs is 5. The molecule has 4 rings (SSSR count). The predicted molar refractivity (Wildman–Crippen MR) is 62.9 cm³/mol. The number of halogens is 1. The fourth-order valence-electron chi connectivity index (χ4n) is 2.06. The molecule has 1 N–H and O–H groups in total. The summed E-state index contributed by atoms with van der Waals surface area (Å²) in [7, 11) is 0. The van der Waals surface area contributed by atoms with Crippen LogP contribution in [-0.2, 0) is 0 Å². The summed E-state index contributed by atoms with van der Waals surface area (Å²) >= 11 is 6.17. The maximum Gasteiger partial charge on any atom is 0.224 e. The van der Waals surface area contributed by atoms with E-state index in [1.54, 1.807) is 0 Å². The average Bonchev–Trinajstić information content (AvgIpc) is 2.91. The molecule has 82 valence electrons. The molecule has 0 aliphatic carbocycles. The molecule has 0 amide bonds. The first-order valence-corrected chi connectivity index (χ1v) is 5.37. The molecule has 6 nitrogen and oxygen atoms in total. The van der Waals surface area contributed by atoms with Crippen LogP contribution < -0.4 is 0 Å². The molecular formula is C10H5ClN6. The van der Waals surface area contributed by atoms with Crippen molar-refractivity contribution in [3.8, 4) is 0 Å². The molecule has 0 saturated heterocycles. The lowest BCUT2D eigenvalue weighted by Gasteiger charge is -1.94. The minimum Gasteiger partial charge on any atom is -0.351 e. The van der Waals surface area contributed by atoms with Gasteiger partial charge in [-0.15, -0.1) is 14.8 Å². The number of aromatic nitrogens is 6. The van der Waals surface area contributed by atoms with E-state index in [0.717, 1.165) is 21.8 Å². The van der Waals surface area contributed by atoms with Crippen LogP contribution in [-0.4, -0.2) is 30.2 Å². The number of tetrazole rings is 1. The van der Waals surface area contributed by atoms with Crippen LogP contribution in [0.15, 0.2) is 24.3 Å². The number of para-hydroxylation sites is 1. The van der Waals surface area contributed by atoms with Gasteiger partial charge in [0.15, 0.2) is 5.15 Å². The summed E-state index contributed by atoms with van der Waals surface area (Å²) in [6.45, 7) is 0. The quantitative estimate of drug-likeness (QED) is 0.512. The minimum absolute atomic E-state index is 0.386. The van der Waals surface area contributed by atoms with Gasteiger partial charge in [-0.1, -0.05) is 29.8 Å². The Kier molecular flexibility index (Phi) is 1.53. The molecule has 1 aromatic carbocycles. The summed E-state index contributed by atoms with van der Waals surface area (Å²) in [5.41, 5.74) is 2.36. The molecule has 17 heavy (non-hydrogen) atoms. The molecule has 0 atom stereocenters. The average molecular weight is 245 g/mol. The number of H-pyrrole nitrogens is 1. The molecule has 0 radical (unpaired) electrons. The molecule has 0 spiro atoms. The van der Waals surface area contributed by atoms with Crippen molar-refractivity contribution in [1.29, 1.82) is 0 Å². The Labute approximate surface area is 99.2 Å². The molecule has 0 unspecified atom stereocenters. The Bertz CT molecular complexity index is 861. The van der Waals surface area contributed by atoms with Gasteiger partial charge in [-0.25, -0.2) is 0 Å². The van der Waals surface area contributed by atoms with Gasteiger partial charge in [-0.05, 0) is 16.5 Å². The number of hydrogen-bond acceptors (Lipinski definition) is 4. The Morgan fingerprint density at radius 2 is 2.12 bits per heavy atom. The van der Waals surface area contributed by atoms with Gasteiger partial charge >= 0.3 is 0 Å². The molecule has 0 fully saturated rings. The highest BCUT2D eigenvalue weighted by Gasteiger charge is 2.14. The molecule has 0 aliphatic heterocycles. The van der Waals surface area contributed by atoms with Crippen LogP contribution in [0.4, 0.5) is 0 Å². The van der Waals surface area contributed by atoms with E-state index in [2.05, 4.69) is 25.6 Å². The van der Waals surface area contributed by atoms with Gasteiger partial charge in [0, 0.05) is 10.9 Å². The van der Waals surface area contributed by atoms with Gasteiger partial charge < -0.3 is 4.98 Å². The third-order valence-electron chi connectivity index (χ3n) is 2.77. The van der Waals surface area contributed by atoms with Gasteiger partial charge in [-0.2, -0.15) is 0 Å². The zero-order chi connectivity index (χ0) is 11.4. The largest absolute Gasteiger partial charge is 0.351 e. The molecule has 0 aliphatic rings.